The van der Waals surface area contributed by atoms with E-state index in [1.54, 1.807) is 6.33 Å². The van der Waals surface area contributed by atoms with Crippen molar-refractivity contribution in [2.45, 2.75) is 58.7 Å². The lowest BCUT2D eigenvalue weighted by atomic mass is 9.95. The van der Waals surface area contributed by atoms with Crippen molar-refractivity contribution >= 4 is 11.6 Å². The molecule has 0 atom stereocenters. The number of nitrogens with one attached hydrogen (secondary N) is 1. The minimum atomic E-state index is 0.00924. The third-order valence-corrected chi connectivity index (χ3v) is 3.88. The standard InChI is InChI=1S/C12H23ClN4/c1-5-12(6-2,8-13)15-7-11-14-9-16-17(11)10(3)4/h9-10,15H,5-8H2,1-4H3. The summed E-state index contributed by atoms with van der Waals surface area (Å²) in [7, 11) is 0. The van der Waals surface area contributed by atoms with Crippen LogP contribution in [-0.2, 0) is 6.54 Å². The summed E-state index contributed by atoms with van der Waals surface area (Å²) >= 11 is 6.06. The molecule has 0 spiro atoms. The van der Waals surface area contributed by atoms with E-state index in [0.29, 0.717) is 18.5 Å². The molecule has 0 bridgehead atoms. The van der Waals surface area contributed by atoms with Gasteiger partial charge >= 0.3 is 0 Å². The van der Waals surface area contributed by atoms with Crippen LogP contribution in [0.25, 0.3) is 0 Å². The summed E-state index contributed by atoms with van der Waals surface area (Å²) in [6.07, 6.45) is 3.64. The molecule has 0 aliphatic rings. The van der Waals surface area contributed by atoms with Gasteiger partial charge in [0.25, 0.3) is 0 Å². The maximum absolute atomic E-state index is 6.06. The second-order valence-electron chi connectivity index (χ2n) is 4.69. The van der Waals surface area contributed by atoms with Crippen molar-refractivity contribution < 1.29 is 0 Å². The lowest BCUT2D eigenvalue weighted by Crippen LogP contribution is -2.46. The second-order valence-corrected chi connectivity index (χ2v) is 4.96. The molecule has 0 fully saturated rings. The molecule has 0 unspecified atom stereocenters. The molecule has 0 aliphatic heterocycles. The van der Waals surface area contributed by atoms with Crippen molar-refractivity contribution in [2.75, 3.05) is 5.88 Å². The minimum absolute atomic E-state index is 0.00924. The Morgan fingerprint density at radius 3 is 2.53 bits per heavy atom. The van der Waals surface area contributed by atoms with Crippen LogP contribution in [-0.4, -0.2) is 26.2 Å². The molecule has 98 valence electrons. The van der Waals surface area contributed by atoms with Gasteiger partial charge in [0.05, 0.1) is 6.54 Å². The zero-order valence-electron chi connectivity index (χ0n) is 11.2. The quantitative estimate of drug-likeness (QED) is 0.765. The number of hydrogen-bond acceptors (Lipinski definition) is 3. The first kappa shape index (κ1) is 14.5. The minimum Gasteiger partial charge on any atom is -0.303 e. The lowest BCUT2D eigenvalue weighted by Gasteiger charge is -2.30. The van der Waals surface area contributed by atoms with Gasteiger partial charge in [0, 0.05) is 17.5 Å². The summed E-state index contributed by atoms with van der Waals surface area (Å²) in [4.78, 5) is 4.29. The molecule has 17 heavy (non-hydrogen) atoms. The molecular weight excluding hydrogens is 236 g/mol. The molecule has 0 aliphatic carbocycles. The predicted molar refractivity (Wildman–Crippen MR) is 71.3 cm³/mol. The van der Waals surface area contributed by atoms with Crippen LogP contribution in [0.1, 0.15) is 52.4 Å². The van der Waals surface area contributed by atoms with Gasteiger partial charge in [0.1, 0.15) is 12.2 Å². The first-order valence-electron chi connectivity index (χ1n) is 6.28. The number of alkyl halides is 1. The van der Waals surface area contributed by atoms with Crippen LogP contribution in [0.15, 0.2) is 6.33 Å². The largest absolute Gasteiger partial charge is 0.303 e. The molecule has 0 saturated heterocycles. The molecule has 0 aromatic carbocycles. The summed E-state index contributed by atoms with van der Waals surface area (Å²) in [6.45, 7) is 9.24. The number of hydrogen-bond donors (Lipinski definition) is 1. The van der Waals surface area contributed by atoms with Gasteiger partial charge < -0.3 is 5.32 Å². The van der Waals surface area contributed by atoms with Crippen LogP contribution >= 0.6 is 11.6 Å². The van der Waals surface area contributed by atoms with Crippen LogP contribution in [0.2, 0.25) is 0 Å². The zero-order chi connectivity index (χ0) is 12.9. The van der Waals surface area contributed by atoms with Crippen molar-refractivity contribution in [3.05, 3.63) is 12.2 Å². The highest BCUT2D eigenvalue weighted by molar-refractivity contribution is 6.18. The van der Waals surface area contributed by atoms with Gasteiger partial charge in [-0.15, -0.1) is 11.6 Å². The van der Waals surface area contributed by atoms with Crippen LogP contribution in [0.3, 0.4) is 0 Å². The summed E-state index contributed by atoms with van der Waals surface area (Å²) in [5.41, 5.74) is 0.00924. The molecule has 0 amide bonds. The molecule has 1 aromatic heterocycles. The molecule has 1 heterocycles. The van der Waals surface area contributed by atoms with Gasteiger partial charge in [-0.2, -0.15) is 5.10 Å². The molecule has 1 rings (SSSR count). The zero-order valence-corrected chi connectivity index (χ0v) is 12.0. The average Bonchev–Trinajstić information content (AvgIpc) is 2.80. The summed E-state index contributed by atoms with van der Waals surface area (Å²) in [5, 5.41) is 7.75. The first-order chi connectivity index (χ1) is 8.08. The van der Waals surface area contributed by atoms with E-state index < -0.39 is 0 Å². The summed E-state index contributed by atoms with van der Waals surface area (Å²) < 4.78 is 1.94. The van der Waals surface area contributed by atoms with E-state index in [1.807, 2.05) is 4.68 Å². The van der Waals surface area contributed by atoms with Gasteiger partial charge in [-0.25, -0.2) is 9.67 Å². The monoisotopic (exact) mass is 258 g/mol. The molecule has 0 saturated carbocycles. The van der Waals surface area contributed by atoms with E-state index in [4.69, 9.17) is 11.6 Å². The first-order valence-corrected chi connectivity index (χ1v) is 6.81. The Kier molecular flexibility index (Phi) is 5.40. The highest BCUT2D eigenvalue weighted by atomic mass is 35.5. The highest BCUT2D eigenvalue weighted by Gasteiger charge is 2.24. The fraction of sp³-hybridized carbons (Fsp3) is 0.833. The summed E-state index contributed by atoms with van der Waals surface area (Å²) in [6, 6.07) is 0.336. The van der Waals surface area contributed by atoms with Crippen molar-refractivity contribution in [2.24, 2.45) is 0 Å². The predicted octanol–water partition coefficient (Wildman–Crippen LogP) is 2.75. The maximum Gasteiger partial charge on any atom is 0.141 e. The lowest BCUT2D eigenvalue weighted by molar-refractivity contribution is 0.324. The van der Waals surface area contributed by atoms with Crippen molar-refractivity contribution in [3.63, 3.8) is 0 Å². The fourth-order valence-electron chi connectivity index (χ4n) is 1.83. The van der Waals surface area contributed by atoms with Gasteiger partial charge in [-0.3, -0.25) is 0 Å². The Hall–Kier alpha value is -0.610. The van der Waals surface area contributed by atoms with Gasteiger partial charge in [0.15, 0.2) is 0 Å². The van der Waals surface area contributed by atoms with E-state index >= 15 is 0 Å². The van der Waals surface area contributed by atoms with E-state index in [0.717, 1.165) is 18.7 Å². The number of nitrogens with zero attached hydrogens (tertiary/aromatic N) is 3. The van der Waals surface area contributed by atoms with E-state index in [9.17, 15) is 0 Å². The Morgan fingerprint density at radius 2 is 2.06 bits per heavy atom. The normalized spacial score (nSPS) is 12.4. The number of aromatic nitrogens is 3. The molecular formula is C12H23ClN4. The Bertz CT molecular complexity index is 323. The fourth-order valence-corrected chi connectivity index (χ4v) is 2.31. The van der Waals surface area contributed by atoms with Crippen molar-refractivity contribution in [3.8, 4) is 0 Å². The Morgan fingerprint density at radius 1 is 1.41 bits per heavy atom. The molecule has 1 aromatic rings. The molecule has 1 N–H and O–H groups in total. The van der Waals surface area contributed by atoms with Crippen LogP contribution < -0.4 is 5.32 Å². The van der Waals surface area contributed by atoms with E-state index in [2.05, 4.69) is 43.1 Å². The van der Waals surface area contributed by atoms with Crippen molar-refractivity contribution in [1.29, 1.82) is 0 Å². The topological polar surface area (TPSA) is 42.7 Å². The molecule has 0 radical (unpaired) electrons. The maximum atomic E-state index is 6.06. The van der Waals surface area contributed by atoms with E-state index in [1.165, 1.54) is 0 Å². The van der Waals surface area contributed by atoms with Crippen molar-refractivity contribution in [1.82, 2.24) is 20.1 Å². The van der Waals surface area contributed by atoms with Gasteiger partial charge in [-0.1, -0.05) is 13.8 Å². The van der Waals surface area contributed by atoms with Gasteiger partial charge in [0.2, 0.25) is 0 Å². The molecule has 4 nitrogen and oxygen atoms in total. The highest BCUT2D eigenvalue weighted by Crippen LogP contribution is 2.18. The average molecular weight is 259 g/mol. The Balaban J connectivity index is 2.69. The van der Waals surface area contributed by atoms with Crippen LogP contribution in [0.5, 0.6) is 0 Å². The second kappa shape index (κ2) is 6.36. The van der Waals surface area contributed by atoms with Crippen LogP contribution in [0.4, 0.5) is 0 Å². The third-order valence-electron chi connectivity index (χ3n) is 3.37. The molecule has 5 heteroatoms. The van der Waals surface area contributed by atoms with E-state index in [-0.39, 0.29) is 5.54 Å². The number of halogens is 1. The summed E-state index contributed by atoms with van der Waals surface area (Å²) in [5.74, 6) is 1.59. The van der Waals surface area contributed by atoms with Crippen LogP contribution in [0, 0.1) is 0 Å². The third kappa shape index (κ3) is 3.42. The SMILES string of the molecule is CCC(CC)(CCl)NCc1ncnn1C(C)C. The Labute approximate surface area is 109 Å². The van der Waals surface area contributed by atoms with Gasteiger partial charge in [-0.05, 0) is 26.7 Å². The smallest absolute Gasteiger partial charge is 0.141 e. The number of rotatable bonds is 7.